The van der Waals surface area contributed by atoms with Crippen molar-refractivity contribution in [3.63, 3.8) is 0 Å². The summed E-state index contributed by atoms with van der Waals surface area (Å²) in [6.07, 6.45) is 3.67. The second-order valence-electron chi connectivity index (χ2n) is 12.3. The highest BCUT2D eigenvalue weighted by Gasteiger charge is 2.34. The summed E-state index contributed by atoms with van der Waals surface area (Å²) < 4.78 is 20.0. The predicted molar refractivity (Wildman–Crippen MR) is 189 cm³/mol. The molecule has 0 radical (unpaired) electrons. The van der Waals surface area contributed by atoms with Gasteiger partial charge in [-0.25, -0.2) is 4.39 Å². The first-order valence-electron chi connectivity index (χ1n) is 15.8. The molecule has 5 nitrogen and oxygen atoms in total. The van der Waals surface area contributed by atoms with E-state index in [1.807, 2.05) is 105 Å². The largest absolute Gasteiger partial charge is 0.461 e. The van der Waals surface area contributed by atoms with Crippen molar-refractivity contribution in [2.24, 2.45) is 5.92 Å². The van der Waals surface area contributed by atoms with Crippen LogP contribution in [0.25, 0.3) is 11.1 Å². The van der Waals surface area contributed by atoms with Gasteiger partial charge in [0.05, 0.1) is 5.92 Å². The standard InChI is InChI=1S/C39H42FN2O3P/c1-27(2)23-26-45-38(44)36(29-9-5-4-6-10-29)30-21-24-42(25-22-30)33-19-17-32(18-20-33)41-37(43)35-12-8-7-11-34(35)28-13-15-31(16-14-28)39(3,40)46/h4-20,23,30,36H,21-22,24-26,46H2,1-3H3,(H,41,43). The van der Waals surface area contributed by atoms with Crippen molar-refractivity contribution in [1.29, 1.82) is 0 Å². The Bertz CT molecular complexity index is 1650. The molecular weight excluding hydrogens is 594 g/mol. The SMILES string of the molecule is CC(C)=CCOC(=O)C(c1ccccc1)C1CCN(c2ccc(NC(=O)c3ccccc3-c3ccc(C(C)(F)P)cc3)cc2)CC1. The summed E-state index contributed by atoms with van der Waals surface area (Å²) in [5, 5.41) is 1.52. The average molecular weight is 637 g/mol. The lowest BCUT2D eigenvalue weighted by atomic mass is 9.80. The van der Waals surface area contributed by atoms with E-state index in [9.17, 15) is 14.0 Å². The molecule has 4 aromatic carbocycles. The van der Waals surface area contributed by atoms with Crippen molar-refractivity contribution < 1.29 is 18.7 Å². The number of nitrogens with zero attached hydrogens (tertiary/aromatic N) is 1. The lowest BCUT2D eigenvalue weighted by Crippen LogP contribution is -2.37. The summed E-state index contributed by atoms with van der Waals surface area (Å²) in [6.45, 7) is 7.43. The fourth-order valence-corrected chi connectivity index (χ4v) is 6.19. The van der Waals surface area contributed by atoms with Crippen LogP contribution in [0.2, 0.25) is 0 Å². The first-order chi connectivity index (χ1) is 22.1. The van der Waals surface area contributed by atoms with Gasteiger partial charge in [-0.1, -0.05) is 87.6 Å². The van der Waals surface area contributed by atoms with Gasteiger partial charge in [-0.15, -0.1) is 0 Å². The molecule has 1 saturated heterocycles. The van der Waals surface area contributed by atoms with Gasteiger partial charge < -0.3 is 15.0 Å². The monoisotopic (exact) mass is 636 g/mol. The van der Waals surface area contributed by atoms with E-state index in [0.29, 0.717) is 23.4 Å². The Kier molecular flexibility index (Phi) is 10.7. The van der Waals surface area contributed by atoms with Gasteiger partial charge in [-0.05, 0) is 98.2 Å². The van der Waals surface area contributed by atoms with Gasteiger partial charge in [0.1, 0.15) is 12.0 Å². The number of esters is 1. The number of halogens is 1. The van der Waals surface area contributed by atoms with Crippen LogP contribution in [0.3, 0.4) is 0 Å². The summed E-state index contributed by atoms with van der Waals surface area (Å²) >= 11 is 0. The molecule has 5 rings (SSSR count). The van der Waals surface area contributed by atoms with Gasteiger partial charge in [0.2, 0.25) is 0 Å². The van der Waals surface area contributed by atoms with Crippen LogP contribution < -0.4 is 10.2 Å². The molecule has 46 heavy (non-hydrogen) atoms. The van der Waals surface area contributed by atoms with Gasteiger partial charge in [0.15, 0.2) is 0 Å². The van der Waals surface area contributed by atoms with E-state index >= 15 is 0 Å². The molecule has 1 aliphatic rings. The van der Waals surface area contributed by atoms with Crippen LogP contribution in [-0.2, 0) is 14.9 Å². The van der Waals surface area contributed by atoms with Crippen molar-refractivity contribution in [2.75, 3.05) is 29.9 Å². The summed E-state index contributed by atoms with van der Waals surface area (Å²) in [7, 11) is 2.21. The number of benzene rings is 4. The van der Waals surface area contributed by atoms with Crippen LogP contribution in [0.1, 0.15) is 61.0 Å². The first kappa shape index (κ1) is 33.1. The molecule has 4 aromatic rings. The fraction of sp³-hybridized carbons (Fsp3) is 0.282. The number of piperidine rings is 1. The minimum atomic E-state index is -1.51. The maximum Gasteiger partial charge on any atom is 0.314 e. The van der Waals surface area contributed by atoms with Crippen LogP contribution in [0.5, 0.6) is 0 Å². The van der Waals surface area contributed by atoms with Gasteiger partial charge >= 0.3 is 5.97 Å². The maximum absolute atomic E-state index is 14.3. The summed E-state index contributed by atoms with van der Waals surface area (Å²) in [5.41, 5.74) is 6.64. The van der Waals surface area contributed by atoms with E-state index in [-0.39, 0.29) is 23.7 Å². The molecule has 1 N–H and O–H groups in total. The number of alkyl halides is 1. The topological polar surface area (TPSA) is 58.6 Å². The van der Waals surface area contributed by atoms with E-state index in [4.69, 9.17) is 4.74 Å². The molecule has 0 saturated carbocycles. The lowest BCUT2D eigenvalue weighted by molar-refractivity contribution is -0.146. The molecule has 0 aliphatic carbocycles. The summed E-state index contributed by atoms with van der Waals surface area (Å²) in [5.74, 6) is -0.474. The zero-order chi connectivity index (χ0) is 32.7. The summed E-state index contributed by atoms with van der Waals surface area (Å²) in [6, 6.07) is 32.5. The highest BCUT2D eigenvalue weighted by atomic mass is 31.0. The van der Waals surface area contributed by atoms with Crippen molar-refractivity contribution in [2.45, 2.75) is 44.9 Å². The number of hydrogen-bond acceptors (Lipinski definition) is 4. The Labute approximate surface area is 274 Å². The van der Waals surface area contributed by atoms with Crippen molar-refractivity contribution in [3.8, 4) is 11.1 Å². The van der Waals surface area contributed by atoms with E-state index in [0.717, 1.165) is 53.9 Å². The number of allylic oxidation sites excluding steroid dienone is 1. The maximum atomic E-state index is 14.3. The normalized spacial score (nSPS) is 15.4. The van der Waals surface area contributed by atoms with Gasteiger partial charge in [-0.3, -0.25) is 9.59 Å². The number of carbonyl (C=O) groups excluding carboxylic acids is 2. The second-order valence-corrected chi connectivity index (χ2v) is 13.4. The number of nitrogens with one attached hydrogen (secondary N) is 1. The zero-order valence-electron chi connectivity index (χ0n) is 26.7. The summed E-state index contributed by atoms with van der Waals surface area (Å²) in [4.78, 5) is 28.9. The van der Waals surface area contributed by atoms with Crippen LogP contribution in [-0.4, -0.2) is 31.6 Å². The van der Waals surface area contributed by atoms with Crippen molar-refractivity contribution in [3.05, 3.63) is 131 Å². The molecule has 1 fully saturated rings. The predicted octanol–water partition coefficient (Wildman–Crippen LogP) is 9.13. The number of ether oxygens (including phenoxy) is 1. The number of anilines is 2. The number of amides is 1. The quantitative estimate of drug-likeness (QED) is 0.107. The molecule has 0 spiro atoms. The highest BCUT2D eigenvalue weighted by Crippen LogP contribution is 2.36. The average Bonchev–Trinajstić information content (AvgIpc) is 3.05. The molecule has 1 amide bonds. The molecule has 0 aromatic heterocycles. The molecule has 0 bridgehead atoms. The molecule has 1 heterocycles. The van der Waals surface area contributed by atoms with Crippen LogP contribution in [0.15, 0.2) is 115 Å². The fourth-order valence-electron chi connectivity index (χ4n) is 5.99. The molecule has 238 valence electrons. The number of carbonyl (C=O) groups is 2. The smallest absolute Gasteiger partial charge is 0.314 e. The van der Waals surface area contributed by atoms with E-state index in [1.165, 1.54) is 6.92 Å². The Balaban J connectivity index is 1.22. The van der Waals surface area contributed by atoms with E-state index in [2.05, 4.69) is 19.5 Å². The Morgan fingerprint density at radius 1 is 0.935 bits per heavy atom. The molecule has 3 atom stereocenters. The van der Waals surface area contributed by atoms with Crippen molar-refractivity contribution in [1.82, 2.24) is 0 Å². The molecule has 3 unspecified atom stereocenters. The Hall–Kier alpha value is -4.28. The minimum Gasteiger partial charge on any atom is -0.461 e. The minimum absolute atomic E-state index is 0.163. The van der Waals surface area contributed by atoms with Crippen LogP contribution in [0, 0.1) is 5.92 Å². The first-order valence-corrected chi connectivity index (χ1v) is 16.4. The van der Waals surface area contributed by atoms with E-state index < -0.39 is 5.41 Å². The second kappa shape index (κ2) is 14.9. The lowest BCUT2D eigenvalue weighted by Gasteiger charge is -2.36. The van der Waals surface area contributed by atoms with Gasteiger partial charge in [-0.2, -0.15) is 0 Å². The zero-order valence-corrected chi connectivity index (χ0v) is 27.9. The Morgan fingerprint density at radius 2 is 1.57 bits per heavy atom. The third kappa shape index (κ3) is 8.30. The third-order valence-corrected chi connectivity index (χ3v) is 8.90. The molecular formula is C39H42FN2O3P. The van der Waals surface area contributed by atoms with Crippen molar-refractivity contribution >= 4 is 32.5 Å². The Morgan fingerprint density at radius 3 is 2.20 bits per heavy atom. The highest BCUT2D eigenvalue weighted by molar-refractivity contribution is 7.18. The van der Waals surface area contributed by atoms with Crippen LogP contribution in [0.4, 0.5) is 15.8 Å². The number of hydrogen-bond donors (Lipinski definition) is 1. The van der Waals surface area contributed by atoms with Crippen LogP contribution >= 0.6 is 9.24 Å². The van der Waals surface area contributed by atoms with Gasteiger partial charge in [0, 0.05) is 30.0 Å². The third-order valence-electron chi connectivity index (χ3n) is 8.56. The molecule has 1 aliphatic heterocycles. The van der Waals surface area contributed by atoms with Gasteiger partial charge in [0.25, 0.3) is 5.91 Å². The van der Waals surface area contributed by atoms with E-state index in [1.54, 1.807) is 18.2 Å². The molecule has 7 heteroatoms. The number of rotatable bonds is 10.